The number of nitrogens with zero attached hydrogens (tertiary/aromatic N) is 4. The van der Waals surface area contributed by atoms with Crippen LogP contribution >= 0.6 is 6.04 Å². The fraction of sp³-hybridized carbons (Fsp3) is 0.476. The Bertz CT molecular complexity index is 1060. The van der Waals surface area contributed by atoms with Gasteiger partial charge in [-0.15, -0.1) is 0 Å². The highest BCUT2D eigenvalue weighted by atomic mass is 32.4. The summed E-state index contributed by atoms with van der Waals surface area (Å²) < 4.78 is 2.04. The molecule has 1 aliphatic rings. The van der Waals surface area contributed by atoms with Crippen molar-refractivity contribution >= 4 is 51.8 Å². The number of imidazole rings is 1. The van der Waals surface area contributed by atoms with Gasteiger partial charge in [-0.3, -0.25) is 0 Å². The van der Waals surface area contributed by atoms with Crippen LogP contribution < -0.4 is 21.7 Å². The molecule has 4 N–H and O–H groups in total. The standard InChI is InChI=1S/C21H30N7PS/c1-4-28-13-23-18-19(24-15-9-11-17(12-10-15)29(2,3)30)26-21(27-20(18)28)25-16-7-5-14(22)6-8-16/h9-14,16H,4-8,22H2,1-3H3,(H2,24,25,26,27). The van der Waals surface area contributed by atoms with Crippen molar-refractivity contribution in [2.45, 2.75) is 51.2 Å². The summed E-state index contributed by atoms with van der Waals surface area (Å²) in [4.78, 5) is 14.1. The van der Waals surface area contributed by atoms with E-state index in [0.29, 0.717) is 23.8 Å². The Morgan fingerprint density at radius 2 is 1.83 bits per heavy atom. The summed E-state index contributed by atoms with van der Waals surface area (Å²) in [6.45, 7) is 7.18. The maximum Gasteiger partial charge on any atom is 0.227 e. The minimum absolute atomic E-state index is 0.315. The molecule has 4 rings (SSSR count). The van der Waals surface area contributed by atoms with Crippen molar-refractivity contribution in [3.05, 3.63) is 30.6 Å². The highest BCUT2D eigenvalue weighted by Crippen LogP contribution is 2.35. The monoisotopic (exact) mass is 443 g/mol. The van der Waals surface area contributed by atoms with Crippen LogP contribution in [0.2, 0.25) is 0 Å². The van der Waals surface area contributed by atoms with E-state index >= 15 is 0 Å². The number of fused-ring (bicyclic) bond motifs is 1. The number of hydrogen-bond acceptors (Lipinski definition) is 7. The van der Waals surface area contributed by atoms with E-state index in [2.05, 4.69) is 60.1 Å². The van der Waals surface area contributed by atoms with Crippen molar-refractivity contribution in [3.63, 3.8) is 0 Å². The number of rotatable bonds is 6. The fourth-order valence-electron chi connectivity index (χ4n) is 3.81. The Kier molecular flexibility index (Phi) is 6.09. The van der Waals surface area contributed by atoms with Crippen LogP contribution in [-0.4, -0.2) is 44.9 Å². The molecule has 0 bridgehead atoms. The number of hydrogen-bond donors (Lipinski definition) is 3. The molecule has 2 heterocycles. The van der Waals surface area contributed by atoms with Gasteiger partial charge in [0.05, 0.1) is 6.33 Å². The van der Waals surface area contributed by atoms with Gasteiger partial charge in [-0.1, -0.05) is 23.9 Å². The van der Waals surface area contributed by atoms with Crippen LogP contribution in [-0.2, 0) is 18.4 Å². The van der Waals surface area contributed by atoms with Crippen molar-refractivity contribution < 1.29 is 0 Å². The van der Waals surface area contributed by atoms with Gasteiger partial charge in [-0.25, -0.2) is 4.98 Å². The third-order valence-corrected chi connectivity index (χ3v) is 7.84. The first-order chi connectivity index (χ1) is 14.3. The molecule has 0 aliphatic heterocycles. The molecule has 1 saturated carbocycles. The first-order valence-electron chi connectivity index (χ1n) is 10.5. The summed E-state index contributed by atoms with van der Waals surface area (Å²) in [5.74, 6) is 1.34. The molecule has 2 aromatic heterocycles. The number of benzene rings is 1. The van der Waals surface area contributed by atoms with E-state index in [-0.39, 0.29) is 0 Å². The molecule has 0 atom stereocenters. The third kappa shape index (κ3) is 4.66. The van der Waals surface area contributed by atoms with Crippen LogP contribution in [0.1, 0.15) is 32.6 Å². The number of aromatic nitrogens is 4. The predicted octanol–water partition coefficient (Wildman–Crippen LogP) is 3.64. The molecule has 1 fully saturated rings. The van der Waals surface area contributed by atoms with E-state index < -0.39 is 6.04 Å². The number of nitrogens with one attached hydrogen (secondary N) is 2. The quantitative estimate of drug-likeness (QED) is 0.501. The van der Waals surface area contributed by atoms with Gasteiger partial charge in [-0.2, -0.15) is 9.97 Å². The molecule has 9 heteroatoms. The third-order valence-electron chi connectivity index (χ3n) is 5.66. The van der Waals surface area contributed by atoms with E-state index in [9.17, 15) is 0 Å². The van der Waals surface area contributed by atoms with Crippen LogP contribution in [0, 0.1) is 0 Å². The van der Waals surface area contributed by atoms with Crippen LogP contribution in [0.3, 0.4) is 0 Å². The second-order valence-electron chi connectivity index (χ2n) is 8.38. The molecule has 0 unspecified atom stereocenters. The van der Waals surface area contributed by atoms with Crippen LogP contribution in [0.5, 0.6) is 0 Å². The van der Waals surface area contributed by atoms with Crippen LogP contribution in [0.4, 0.5) is 17.5 Å². The molecule has 1 aliphatic carbocycles. The molecule has 7 nitrogen and oxygen atoms in total. The molecule has 0 amide bonds. The minimum Gasteiger partial charge on any atom is -0.351 e. The summed E-state index contributed by atoms with van der Waals surface area (Å²) in [7, 11) is 0. The maximum absolute atomic E-state index is 6.05. The Hall–Kier alpha value is -2.02. The van der Waals surface area contributed by atoms with Gasteiger partial charge < -0.3 is 20.9 Å². The highest BCUT2D eigenvalue weighted by Gasteiger charge is 2.21. The lowest BCUT2D eigenvalue weighted by Crippen LogP contribution is -2.33. The van der Waals surface area contributed by atoms with E-state index in [4.69, 9.17) is 27.5 Å². The van der Waals surface area contributed by atoms with E-state index in [1.807, 2.05) is 10.9 Å². The molecule has 0 radical (unpaired) electrons. The first-order valence-corrected chi connectivity index (χ1v) is 14.2. The number of anilines is 3. The van der Waals surface area contributed by atoms with Crippen LogP contribution in [0.15, 0.2) is 30.6 Å². The zero-order chi connectivity index (χ0) is 21.3. The van der Waals surface area contributed by atoms with Gasteiger partial charge in [0.15, 0.2) is 17.0 Å². The fourth-order valence-corrected chi connectivity index (χ4v) is 5.05. The van der Waals surface area contributed by atoms with Gasteiger partial charge in [-0.05, 0) is 69.4 Å². The van der Waals surface area contributed by atoms with Crippen molar-refractivity contribution in [1.82, 2.24) is 19.5 Å². The van der Waals surface area contributed by atoms with Crippen molar-refractivity contribution in [1.29, 1.82) is 0 Å². The van der Waals surface area contributed by atoms with Crippen molar-refractivity contribution in [2.75, 3.05) is 24.0 Å². The highest BCUT2D eigenvalue weighted by molar-refractivity contribution is 8.17. The molecule has 160 valence electrons. The molecular weight excluding hydrogens is 413 g/mol. The second kappa shape index (κ2) is 8.61. The Labute approximate surface area is 182 Å². The van der Waals surface area contributed by atoms with Gasteiger partial charge in [0.25, 0.3) is 0 Å². The average molecular weight is 444 g/mol. The molecular formula is C21H30N7PS. The smallest absolute Gasteiger partial charge is 0.227 e. The van der Waals surface area contributed by atoms with Crippen molar-refractivity contribution in [3.8, 4) is 0 Å². The lowest BCUT2D eigenvalue weighted by molar-refractivity contribution is 0.410. The lowest BCUT2D eigenvalue weighted by atomic mass is 9.92. The number of aryl methyl sites for hydroxylation is 1. The molecule has 3 aromatic rings. The van der Waals surface area contributed by atoms with E-state index in [0.717, 1.165) is 49.1 Å². The SMILES string of the molecule is CCn1cnc2c(Nc3ccc(P(C)(C)=S)cc3)nc(NC3CCC(N)CC3)nc21. The second-order valence-corrected chi connectivity index (χ2v) is 14.3. The van der Waals surface area contributed by atoms with Gasteiger partial charge in [0.1, 0.15) is 0 Å². The molecule has 30 heavy (non-hydrogen) atoms. The summed E-state index contributed by atoms with van der Waals surface area (Å²) in [6.07, 6.45) is 5.97. The van der Waals surface area contributed by atoms with Crippen LogP contribution in [0.25, 0.3) is 11.2 Å². The number of nitrogens with two attached hydrogens (primary N) is 1. The first kappa shape index (κ1) is 21.2. The largest absolute Gasteiger partial charge is 0.351 e. The van der Waals surface area contributed by atoms with Gasteiger partial charge in [0, 0.05) is 24.3 Å². The average Bonchev–Trinajstić information content (AvgIpc) is 3.13. The molecule has 0 spiro atoms. The summed E-state index contributed by atoms with van der Waals surface area (Å²) >= 11 is 5.65. The minimum atomic E-state index is -1.45. The summed E-state index contributed by atoms with van der Waals surface area (Å²) in [6, 6.07) is 7.55. The zero-order valence-electron chi connectivity index (χ0n) is 17.8. The van der Waals surface area contributed by atoms with E-state index in [1.165, 1.54) is 5.30 Å². The van der Waals surface area contributed by atoms with Gasteiger partial charge >= 0.3 is 0 Å². The Morgan fingerprint density at radius 3 is 2.47 bits per heavy atom. The van der Waals surface area contributed by atoms with Gasteiger partial charge in [0.2, 0.25) is 5.95 Å². The van der Waals surface area contributed by atoms with Crippen molar-refractivity contribution in [2.24, 2.45) is 5.73 Å². The maximum atomic E-state index is 6.05. The topological polar surface area (TPSA) is 93.7 Å². The normalized spacial score (nSPS) is 19.7. The molecule has 1 aromatic carbocycles. The summed E-state index contributed by atoms with van der Waals surface area (Å²) in [5, 5.41) is 8.19. The zero-order valence-corrected chi connectivity index (χ0v) is 19.5. The molecule has 0 saturated heterocycles. The Balaban J connectivity index is 1.64. The Morgan fingerprint density at radius 1 is 1.13 bits per heavy atom. The lowest BCUT2D eigenvalue weighted by Gasteiger charge is -2.26. The summed E-state index contributed by atoms with van der Waals surface area (Å²) in [5.41, 5.74) is 8.62. The predicted molar refractivity (Wildman–Crippen MR) is 130 cm³/mol. The van der Waals surface area contributed by atoms with E-state index in [1.54, 1.807) is 0 Å².